The quantitative estimate of drug-likeness (QED) is 0.441. The fourth-order valence-electron chi connectivity index (χ4n) is 3.25. The molecule has 0 aliphatic carbocycles. The lowest BCUT2D eigenvalue weighted by Gasteiger charge is -2.08. The predicted octanol–water partition coefficient (Wildman–Crippen LogP) is 8.12. The van der Waals surface area contributed by atoms with Crippen LogP contribution in [-0.2, 0) is 0 Å². The number of nitrogens with zero attached hydrogens (tertiary/aromatic N) is 1. The van der Waals surface area contributed by atoms with Gasteiger partial charge in [0.05, 0.1) is 0 Å². The first-order valence-corrected chi connectivity index (χ1v) is 10.4. The molecule has 0 radical (unpaired) electrons. The molecule has 27 heavy (non-hydrogen) atoms. The van der Waals surface area contributed by atoms with E-state index in [0.29, 0.717) is 23.7 Å². The highest BCUT2D eigenvalue weighted by Crippen LogP contribution is 2.25. The summed E-state index contributed by atoms with van der Waals surface area (Å²) in [6.07, 6.45) is 4.31. The average molecular weight is 364 g/mol. The maximum atomic E-state index is 2.32. The maximum absolute atomic E-state index is 2.32. The second-order valence-electron chi connectivity index (χ2n) is 8.81. The molecule has 0 fully saturated rings. The van der Waals surface area contributed by atoms with Crippen molar-refractivity contribution in [2.24, 2.45) is 0 Å². The summed E-state index contributed by atoms with van der Waals surface area (Å²) in [5, 5.41) is 0. The molecule has 0 saturated heterocycles. The zero-order valence-electron chi connectivity index (χ0n) is 18.5. The van der Waals surface area contributed by atoms with Crippen molar-refractivity contribution in [3.63, 3.8) is 0 Å². The van der Waals surface area contributed by atoms with Gasteiger partial charge in [0.2, 0.25) is 0 Å². The zero-order valence-corrected chi connectivity index (χ0v) is 18.5. The van der Waals surface area contributed by atoms with Crippen LogP contribution in [0, 0.1) is 0 Å². The van der Waals surface area contributed by atoms with E-state index in [1.165, 1.54) is 27.8 Å². The summed E-state index contributed by atoms with van der Waals surface area (Å²) in [5.41, 5.74) is 7.08. The van der Waals surface area contributed by atoms with Crippen molar-refractivity contribution in [1.82, 2.24) is 4.40 Å². The Hall–Kier alpha value is -2.02. The van der Waals surface area contributed by atoms with Crippen molar-refractivity contribution in [1.29, 1.82) is 0 Å². The van der Waals surface area contributed by atoms with Crippen LogP contribution >= 0.6 is 0 Å². The lowest BCUT2D eigenvalue weighted by atomic mass is 9.97. The molecule has 1 nitrogen and oxygen atoms in total. The van der Waals surface area contributed by atoms with Crippen molar-refractivity contribution in [2.45, 2.75) is 79.1 Å². The molecule has 0 bridgehead atoms. The van der Waals surface area contributed by atoms with Gasteiger partial charge in [-0.25, -0.2) is 0 Å². The molecule has 3 rings (SSSR count). The first-order valence-electron chi connectivity index (χ1n) is 10.4. The molecule has 0 spiro atoms. The number of pyridine rings is 1. The van der Waals surface area contributed by atoms with Gasteiger partial charge in [-0.2, -0.15) is 0 Å². The van der Waals surface area contributed by atoms with E-state index in [2.05, 4.69) is 115 Å². The highest BCUT2D eigenvalue weighted by molar-refractivity contribution is 5.58. The van der Waals surface area contributed by atoms with Gasteiger partial charge in [0.25, 0.3) is 0 Å². The maximum Gasteiger partial charge on any atom is 0.0487 e. The summed E-state index contributed by atoms with van der Waals surface area (Å²) in [4.78, 5) is 0. The van der Waals surface area contributed by atoms with Gasteiger partial charge in [-0.15, -0.1) is 0 Å². The van der Waals surface area contributed by atoms with Gasteiger partial charge in [0.1, 0.15) is 0 Å². The van der Waals surface area contributed by atoms with Crippen molar-refractivity contribution in [3.8, 4) is 0 Å². The van der Waals surface area contributed by atoms with Crippen LogP contribution in [0.15, 0.2) is 54.9 Å². The molecule has 0 aliphatic rings. The minimum atomic E-state index is 0.595. The molecule has 3 aromatic rings. The SMILES string of the molecule is CC(C)c1ccc(C(C)C)cc1.CC(C)c1ccn2ccc(C(C)C)c2c1. The monoisotopic (exact) mass is 363 g/mol. The second kappa shape index (κ2) is 9.26. The first-order chi connectivity index (χ1) is 12.7. The Morgan fingerprint density at radius 3 is 1.37 bits per heavy atom. The molecule has 2 heterocycles. The summed E-state index contributed by atoms with van der Waals surface area (Å²) in [7, 11) is 0. The second-order valence-corrected chi connectivity index (χ2v) is 8.81. The molecule has 146 valence electrons. The molecule has 2 aromatic heterocycles. The fourth-order valence-corrected chi connectivity index (χ4v) is 3.25. The third-order valence-electron chi connectivity index (χ3n) is 5.28. The van der Waals surface area contributed by atoms with E-state index in [-0.39, 0.29) is 0 Å². The number of rotatable bonds is 4. The van der Waals surface area contributed by atoms with Crippen molar-refractivity contribution in [3.05, 3.63) is 77.1 Å². The van der Waals surface area contributed by atoms with Gasteiger partial charge in [0, 0.05) is 17.9 Å². The minimum Gasteiger partial charge on any atom is -0.324 e. The van der Waals surface area contributed by atoms with E-state index in [1.54, 1.807) is 0 Å². The Labute approximate surface area is 166 Å². The van der Waals surface area contributed by atoms with Crippen molar-refractivity contribution < 1.29 is 0 Å². The number of hydrogen-bond acceptors (Lipinski definition) is 0. The Balaban J connectivity index is 0.000000199. The van der Waals surface area contributed by atoms with Crippen LogP contribution in [0.3, 0.4) is 0 Å². The van der Waals surface area contributed by atoms with Crippen LogP contribution in [-0.4, -0.2) is 4.40 Å². The van der Waals surface area contributed by atoms with Crippen LogP contribution < -0.4 is 0 Å². The van der Waals surface area contributed by atoms with Gasteiger partial charge >= 0.3 is 0 Å². The van der Waals surface area contributed by atoms with Crippen molar-refractivity contribution >= 4 is 5.52 Å². The van der Waals surface area contributed by atoms with Crippen molar-refractivity contribution in [2.75, 3.05) is 0 Å². The molecule has 0 saturated carbocycles. The summed E-state index contributed by atoms with van der Waals surface area (Å²) in [6.45, 7) is 17.9. The highest BCUT2D eigenvalue weighted by atomic mass is 14.9. The van der Waals surface area contributed by atoms with E-state index in [4.69, 9.17) is 0 Å². The Morgan fingerprint density at radius 2 is 0.963 bits per heavy atom. The molecule has 1 aromatic carbocycles. The van der Waals surface area contributed by atoms with E-state index >= 15 is 0 Å². The number of fused-ring (bicyclic) bond motifs is 1. The van der Waals surface area contributed by atoms with Crippen LogP contribution in [0.2, 0.25) is 0 Å². The average Bonchev–Trinajstić information content (AvgIpc) is 3.05. The fraction of sp³-hybridized carbons (Fsp3) is 0.462. The van der Waals surface area contributed by atoms with E-state index in [9.17, 15) is 0 Å². The minimum absolute atomic E-state index is 0.595. The van der Waals surface area contributed by atoms with Gasteiger partial charge in [-0.05, 0) is 64.1 Å². The summed E-state index contributed by atoms with van der Waals surface area (Å²) in [6, 6.07) is 15.7. The summed E-state index contributed by atoms with van der Waals surface area (Å²) >= 11 is 0. The Morgan fingerprint density at radius 1 is 0.519 bits per heavy atom. The van der Waals surface area contributed by atoms with Crippen LogP contribution in [0.5, 0.6) is 0 Å². The normalized spacial score (nSPS) is 11.6. The van der Waals surface area contributed by atoms with Gasteiger partial charge in [0.15, 0.2) is 0 Å². The molecule has 0 aliphatic heterocycles. The molecule has 0 atom stereocenters. The number of aromatic nitrogens is 1. The molecular weight excluding hydrogens is 326 g/mol. The standard InChI is InChI=1S/C14H19N.C12H18/c1-10(2)12-5-7-15-8-6-13(11(3)4)14(15)9-12;1-9(2)11-5-7-12(8-6-11)10(3)4/h5-11H,1-4H3;5-10H,1-4H3. The lowest BCUT2D eigenvalue weighted by molar-refractivity contribution is 0.845. The predicted molar refractivity (Wildman–Crippen MR) is 120 cm³/mol. The Kier molecular flexibility index (Phi) is 7.30. The summed E-state index contributed by atoms with van der Waals surface area (Å²) in [5.74, 6) is 2.49. The van der Waals surface area contributed by atoms with Gasteiger partial charge in [-0.3, -0.25) is 0 Å². The first kappa shape index (κ1) is 21.3. The molecule has 0 N–H and O–H groups in total. The van der Waals surface area contributed by atoms with E-state index < -0.39 is 0 Å². The molecule has 0 unspecified atom stereocenters. The molecule has 1 heteroatoms. The topological polar surface area (TPSA) is 4.41 Å². The zero-order chi connectivity index (χ0) is 20.1. The molecular formula is C26H37N. The largest absolute Gasteiger partial charge is 0.324 e. The third-order valence-corrected chi connectivity index (χ3v) is 5.28. The molecule has 0 amide bonds. The third kappa shape index (κ3) is 5.48. The smallest absolute Gasteiger partial charge is 0.0487 e. The van der Waals surface area contributed by atoms with Crippen LogP contribution in [0.4, 0.5) is 0 Å². The van der Waals surface area contributed by atoms with Gasteiger partial charge < -0.3 is 4.40 Å². The Bertz CT molecular complexity index is 805. The summed E-state index contributed by atoms with van der Waals surface area (Å²) < 4.78 is 2.21. The number of hydrogen-bond donors (Lipinski definition) is 0. The van der Waals surface area contributed by atoms with Gasteiger partial charge in [-0.1, -0.05) is 79.7 Å². The highest BCUT2D eigenvalue weighted by Gasteiger charge is 2.08. The van der Waals surface area contributed by atoms with Crippen LogP contribution in [0.25, 0.3) is 5.52 Å². The van der Waals surface area contributed by atoms with E-state index in [0.717, 1.165) is 0 Å². The number of benzene rings is 1. The van der Waals surface area contributed by atoms with E-state index in [1.807, 2.05) is 0 Å². The van der Waals surface area contributed by atoms with Crippen LogP contribution in [0.1, 0.15) is 101 Å². The lowest BCUT2D eigenvalue weighted by Crippen LogP contribution is -1.92.